The van der Waals surface area contributed by atoms with Crippen LogP contribution in [0.15, 0.2) is 22.8 Å². The van der Waals surface area contributed by atoms with Gasteiger partial charge in [-0.15, -0.1) is 0 Å². The van der Waals surface area contributed by atoms with Gasteiger partial charge in [0.2, 0.25) is 5.88 Å². The molecule has 0 fully saturated rings. The molecule has 0 spiro atoms. The number of nitrogens with one attached hydrogen (secondary N) is 1. The van der Waals surface area contributed by atoms with Crippen LogP contribution in [-0.2, 0) is 0 Å². The Morgan fingerprint density at radius 1 is 1.43 bits per heavy atom. The Kier molecular flexibility index (Phi) is 5.98. The monoisotopic (exact) mass is 276 g/mol. The van der Waals surface area contributed by atoms with Crippen LogP contribution in [0, 0.1) is 0 Å². The van der Waals surface area contributed by atoms with E-state index in [-0.39, 0.29) is 0 Å². The van der Waals surface area contributed by atoms with Crippen molar-refractivity contribution in [2.75, 3.05) is 25.4 Å². The Balaban J connectivity index is 2.15. The highest BCUT2D eigenvalue weighted by molar-refractivity contribution is 9.10. The van der Waals surface area contributed by atoms with Crippen molar-refractivity contribution in [1.82, 2.24) is 10.3 Å². The van der Waals surface area contributed by atoms with Crippen molar-refractivity contribution in [2.24, 2.45) is 0 Å². The molecular formula is C9H13BrN2OS. The molecule has 0 aliphatic carbocycles. The lowest BCUT2D eigenvalue weighted by Crippen LogP contribution is -2.23. The predicted molar refractivity (Wildman–Crippen MR) is 64.2 cm³/mol. The van der Waals surface area contributed by atoms with Crippen molar-refractivity contribution in [3.63, 3.8) is 0 Å². The Morgan fingerprint density at radius 3 is 2.93 bits per heavy atom. The zero-order valence-corrected chi connectivity index (χ0v) is 10.2. The summed E-state index contributed by atoms with van der Waals surface area (Å²) in [6.07, 6.45) is 1.72. The van der Waals surface area contributed by atoms with Gasteiger partial charge < -0.3 is 10.1 Å². The molecule has 1 aromatic heterocycles. The molecule has 0 saturated carbocycles. The third-order valence-electron chi connectivity index (χ3n) is 1.52. The molecule has 14 heavy (non-hydrogen) atoms. The van der Waals surface area contributed by atoms with Gasteiger partial charge in [-0.05, 0) is 22.0 Å². The lowest BCUT2D eigenvalue weighted by atomic mass is 10.5. The summed E-state index contributed by atoms with van der Waals surface area (Å²) in [6, 6.07) is 3.74. The summed E-state index contributed by atoms with van der Waals surface area (Å²) in [4.78, 5) is 4.08. The van der Waals surface area contributed by atoms with Gasteiger partial charge in [0.25, 0.3) is 0 Å². The molecule has 1 aromatic rings. The highest BCUT2D eigenvalue weighted by Crippen LogP contribution is 2.11. The lowest BCUT2D eigenvalue weighted by molar-refractivity contribution is 0.304. The second-order valence-electron chi connectivity index (χ2n) is 2.64. The molecule has 0 amide bonds. The zero-order valence-electron chi connectivity index (χ0n) is 7.74. The molecular weight excluding hydrogens is 264 g/mol. The van der Waals surface area contributed by atoms with Crippen molar-refractivity contribution < 1.29 is 4.74 Å². The van der Waals surface area contributed by atoms with Gasteiger partial charge in [-0.1, -0.05) is 0 Å². The number of aromatic nitrogens is 1. The average molecular weight is 277 g/mol. The Morgan fingerprint density at radius 2 is 2.29 bits per heavy atom. The van der Waals surface area contributed by atoms with E-state index < -0.39 is 0 Å². The number of ether oxygens (including phenoxy) is 1. The Bertz CT molecular complexity index is 255. The molecule has 0 unspecified atom stereocenters. The first-order valence-corrected chi connectivity index (χ1v) is 5.81. The quantitative estimate of drug-likeness (QED) is 0.614. The second kappa shape index (κ2) is 7.09. The molecule has 1 N–H and O–H groups in total. The maximum Gasteiger partial charge on any atom is 0.213 e. The maximum atomic E-state index is 5.39. The number of rotatable bonds is 6. The predicted octanol–water partition coefficient (Wildman–Crippen LogP) is 1.74. The van der Waals surface area contributed by atoms with E-state index in [0.717, 1.165) is 23.3 Å². The minimum atomic E-state index is 0.627. The van der Waals surface area contributed by atoms with E-state index in [2.05, 4.69) is 38.9 Å². The summed E-state index contributed by atoms with van der Waals surface area (Å²) in [7, 11) is 0. The largest absolute Gasteiger partial charge is 0.476 e. The minimum absolute atomic E-state index is 0.627. The van der Waals surface area contributed by atoms with Crippen LogP contribution in [0.25, 0.3) is 0 Å². The second-order valence-corrected chi connectivity index (χ2v) is 4.00. The van der Waals surface area contributed by atoms with Crippen LogP contribution < -0.4 is 10.1 Å². The molecule has 0 aromatic carbocycles. The van der Waals surface area contributed by atoms with Crippen LogP contribution in [0.2, 0.25) is 0 Å². The third-order valence-corrected chi connectivity index (χ3v) is 2.21. The first-order valence-electron chi connectivity index (χ1n) is 4.39. The third kappa shape index (κ3) is 4.83. The Hall–Kier alpha value is -0.260. The van der Waals surface area contributed by atoms with Crippen molar-refractivity contribution in [3.05, 3.63) is 22.8 Å². The van der Waals surface area contributed by atoms with E-state index in [4.69, 9.17) is 4.74 Å². The molecule has 0 saturated heterocycles. The molecule has 0 radical (unpaired) electrons. The molecule has 5 heteroatoms. The molecule has 0 aliphatic heterocycles. The number of pyridine rings is 1. The van der Waals surface area contributed by atoms with E-state index in [9.17, 15) is 0 Å². The van der Waals surface area contributed by atoms with E-state index in [0.29, 0.717) is 12.5 Å². The fourth-order valence-corrected chi connectivity index (χ4v) is 1.27. The van der Waals surface area contributed by atoms with E-state index in [1.807, 2.05) is 12.1 Å². The first-order chi connectivity index (χ1) is 6.83. The Labute approximate surface area is 97.8 Å². The van der Waals surface area contributed by atoms with Crippen molar-refractivity contribution in [1.29, 1.82) is 0 Å². The highest BCUT2D eigenvalue weighted by atomic mass is 79.9. The molecule has 1 heterocycles. The van der Waals surface area contributed by atoms with E-state index in [1.165, 1.54) is 0 Å². The van der Waals surface area contributed by atoms with Crippen molar-refractivity contribution >= 4 is 28.6 Å². The summed E-state index contributed by atoms with van der Waals surface area (Å²) < 4.78 is 6.34. The fourth-order valence-electron chi connectivity index (χ4n) is 0.879. The van der Waals surface area contributed by atoms with Gasteiger partial charge in [-0.2, -0.15) is 12.6 Å². The SMILES string of the molecule is SCCNCCOc1ccc(Br)cn1. The van der Waals surface area contributed by atoms with Crippen LogP contribution in [0.5, 0.6) is 5.88 Å². The van der Waals surface area contributed by atoms with Crippen LogP contribution >= 0.6 is 28.6 Å². The normalized spacial score (nSPS) is 10.1. The summed E-state index contributed by atoms with van der Waals surface area (Å²) >= 11 is 7.39. The van der Waals surface area contributed by atoms with Gasteiger partial charge >= 0.3 is 0 Å². The first kappa shape index (κ1) is 11.8. The van der Waals surface area contributed by atoms with Gasteiger partial charge in [-0.25, -0.2) is 4.98 Å². The number of nitrogens with zero attached hydrogens (tertiary/aromatic N) is 1. The van der Waals surface area contributed by atoms with Crippen LogP contribution in [0.4, 0.5) is 0 Å². The molecule has 0 bridgehead atoms. The summed E-state index contributed by atoms with van der Waals surface area (Å²) in [5.41, 5.74) is 0. The van der Waals surface area contributed by atoms with Crippen molar-refractivity contribution in [3.8, 4) is 5.88 Å². The van der Waals surface area contributed by atoms with Gasteiger partial charge in [0.15, 0.2) is 0 Å². The van der Waals surface area contributed by atoms with Crippen molar-refractivity contribution in [2.45, 2.75) is 0 Å². The summed E-state index contributed by atoms with van der Waals surface area (Å²) in [6.45, 7) is 2.35. The zero-order chi connectivity index (χ0) is 10.2. The van der Waals surface area contributed by atoms with Gasteiger partial charge in [0, 0.05) is 35.6 Å². The smallest absolute Gasteiger partial charge is 0.213 e. The fraction of sp³-hybridized carbons (Fsp3) is 0.444. The van der Waals surface area contributed by atoms with Gasteiger partial charge in [0.1, 0.15) is 6.61 Å². The van der Waals surface area contributed by atoms with Crippen LogP contribution in [0.3, 0.4) is 0 Å². The molecule has 1 rings (SSSR count). The molecule has 78 valence electrons. The maximum absolute atomic E-state index is 5.39. The summed E-state index contributed by atoms with van der Waals surface area (Å²) in [5, 5.41) is 3.18. The lowest BCUT2D eigenvalue weighted by Gasteiger charge is -2.05. The van der Waals surface area contributed by atoms with Gasteiger partial charge in [-0.3, -0.25) is 0 Å². The standard InChI is InChI=1S/C9H13BrN2OS/c10-8-1-2-9(12-7-8)13-5-3-11-4-6-14/h1-2,7,11,14H,3-6H2. The topological polar surface area (TPSA) is 34.1 Å². The van der Waals surface area contributed by atoms with Crippen LogP contribution in [0.1, 0.15) is 0 Å². The molecule has 3 nitrogen and oxygen atoms in total. The number of thiol groups is 1. The van der Waals surface area contributed by atoms with Gasteiger partial charge in [0.05, 0.1) is 0 Å². The van der Waals surface area contributed by atoms with E-state index >= 15 is 0 Å². The number of halogens is 1. The van der Waals surface area contributed by atoms with E-state index in [1.54, 1.807) is 6.20 Å². The molecule has 0 aliphatic rings. The molecule has 0 atom stereocenters. The highest BCUT2D eigenvalue weighted by Gasteiger charge is 1.94. The number of hydrogen-bond donors (Lipinski definition) is 2. The minimum Gasteiger partial charge on any atom is -0.476 e. The van der Waals surface area contributed by atoms with Crippen LogP contribution in [-0.4, -0.2) is 30.4 Å². The number of hydrogen-bond acceptors (Lipinski definition) is 4. The summed E-state index contributed by atoms with van der Waals surface area (Å²) in [5.74, 6) is 1.50. The average Bonchev–Trinajstić information content (AvgIpc) is 2.21.